The van der Waals surface area contributed by atoms with Gasteiger partial charge in [-0.2, -0.15) is 0 Å². The normalized spacial score (nSPS) is 11.5. The quantitative estimate of drug-likeness (QED) is 0.342. The highest BCUT2D eigenvalue weighted by atomic mass is 16.4. The first kappa shape index (κ1) is 11.4. The standard InChI is InChI=1S/C11H17N3O/c1-4-14(3)10-6-5-8(2)7-9(10)11(12)13-15/h5-7,15H,4H2,1-3H3,(H2,12,13). The molecule has 1 aromatic carbocycles. The van der Waals surface area contributed by atoms with Gasteiger partial charge in [-0.3, -0.25) is 0 Å². The molecule has 4 heteroatoms. The van der Waals surface area contributed by atoms with Crippen molar-refractivity contribution in [2.24, 2.45) is 10.9 Å². The number of aryl methyl sites for hydroxylation is 1. The highest BCUT2D eigenvalue weighted by molar-refractivity contribution is 6.02. The Hall–Kier alpha value is -1.71. The first-order chi connectivity index (χ1) is 7.10. The molecule has 82 valence electrons. The number of hydrogen-bond acceptors (Lipinski definition) is 3. The third-order valence-electron chi connectivity index (χ3n) is 2.42. The van der Waals surface area contributed by atoms with E-state index in [4.69, 9.17) is 10.9 Å². The second kappa shape index (κ2) is 4.68. The van der Waals surface area contributed by atoms with Crippen LogP contribution in [0.25, 0.3) is 0 Å². The molecule has 3 N–H and O–H groups in total. The minimum Gasteiger partial charge on any atom is -0.409 e. The maximum atomic E-state index is 8.70. The average molecular weight is 207 g/mol. The Labute approximate surface area is 90.0 Å². The lowest BCUT2D eigenvalue weighted by Gasteiger charge is -2.20. The molecule has 0 radical (unpaired) electrons. The van der Waals surface area contributed by atoms with Crippen LogP contribution in [0.1, 0.15) is 18.1 Å². The van der Waals surface area contributed by atoms with Gasteiger partial charge in [0.1, 0.15) is 0 Å². The molecule has 0 aliphatic heterocycles. The Kier molecular flexibility index (Phi) is 3.55. The van der Waals surface area contributed by atoms with Gasteiger partial charge in [-0.25, -0.2) is 0 Å². The summed E-state index contributed by atoms with van der Waals surface area (Å²) in [6.07, 6.45) is 0. The molecule has 15 heavy (non-hydrogen) atoms. The predicted octanol–water partition coefficient (Wildman–Crippen LogP) is 1.55. The Bertz CT molecular complexity index is 374. The molecule has 0 heterocycles. The lowest BCUT2D eigenvalue weighted by molar-refractivity contribution is 0.318. The van der Waals surface area contributed by atoms with Gasteiger partial charge in [0.15, 0.2) is 5.84 Å². The number of amidine groups is 1. The third-order valence-corrected chi connectivity index (χ3v) is 2.42. The van der Waals surface area contributed by atoms with E-state index in [9.17, 15) is 0 Å². The van der Waals surface area contributed by atoms with Crippen molar-refractivity contribution in [3.05, 3.63) is 29.3 Å². The largest absolute Gasteiger partial charge is 0.409 e. The average Bonchev–Trinajstić information content (AvgIpc) is 2.26. The van der Waals surface area contributed by atoms with Gasteiger partial charge < -0.3 is 15.8 Å². The molecule has 4 nitrogen and oxygen atoms in total. The highest BCUT2D eigenvalue weighted by Gasteiger charge is 2.09. The van der Waals surface area contributed by atoms with Gasteiger partial charge in [-0.05, 0) is 26.0 Å². The van der Waals surface area contributed by atoms with E-state index in [-0.39, 0.29) is 5.84 Å². The van der Waals surface area contributed by atoms with Crippen LogP contribution in [0.4, 0.5) is 5.69 Å². The van der Waals surface area contributed by atoms with Gasteiger partial charge in [-0.15, -0.1) is 0 Å². The molecule has 0 aliphatic rings. The van der Waals surface area contributed by atoms with Crippen LogP contribution in [0.5, 0.6) is 0 Å². The first-order valence-electron chi connectivity index (χ1n) is 4.89. The molecule has 0 unspecified atom stereocenters. The van der Waals surface area contributed by atoms with Gasteiger partial charge in [0.25, 0.3) is 0 Å². The summed E-state index contributed by atoms with van der Waals surface area (Å²) in [6.45, 7) is 4.90. The summed E-state index contributed by atoms with van der Waals surface area (Å²) in [5, 5.41) is 11.7. The fourth-order valence-corrected chi connectivity index (χ4v) is 1.41. The number of oxime groups is 1. The summed E-state index contributed by atoms with van der Waals surface area (Å²) in [5.74, 6) is 0.147. The molecule has 0 saturated heterocycles. The Balaban J connectivity index is 3.26. The van der Waals surface area contributed by atoms with E-state index < -0.39 is 0 Å². The summed E-state index contributed by atoms with van der Waals surface area (Å²) < 4.78 is 0. The molecule has 0 aromatic heterocycles. The lowest BCUT2D eigenvalue weighted by atomic mass is 10.1. The van der Waals surface area contributed by atoms with Crippen molar-refractivity contribution in [1.82, 2.24) is 0 Å². The van der Waals surface area contributed by atoms with Crippen LogP contribution in [0, 0.1) is 6.92 Å². The van der Waals surface area contributed by atoms with Gasteiger partial charge >= 0.3 is 0 Å². The maximum Gasteiger partial charge on any atom is 0.172 e. The van der Waals surface area contributed by atoms with Crippen molar-refractivity contribution in [1.29, 1.82) is 0 Å². The van der Waals surface area contributed by atoms with E-state index in [0.717, 1.165) is 23.4 Å². The molecule has 1 aromatic rings. The number of rotatable bonds is 3. The van der Waals surface area contributed by atoms with Crippen LogP contribution in [-0.4, -0.2) is 24.6 Å². The van der Waals surface area contributed by atoms with E-state index in [1.807, 2.05) is 37.1 Å². The van der Waals surface area contributed by atoms with E-state index in [0.29, 0.717) is 0 Å². The molecular formula is C11H17N3O. The Morgan fingerprint density at radius 2 is 2.20 bits per heavy atom. The smallest absolute Gasteiger partial charge is 0.172 e. The van der Waals surface area contributed by atoms with Crippen LogP contribution >= 0.6 is 0 Å². The molecular weight excluding hydrogens is 190 g/mol. The summed E-state index contributed by atoms with van der Waals surface area (Å²) in [7, 11) is 1.97. The lowest BCUT2D eigenvalue weighted by Crippen LogP contribution is -2.22. The topological polar surface area (TPSA) is 61.8 Å². The summed E-state index contributed by atoms with van der Waals surface area (Å²) in [4.78, 5) is 2.05. The zero-order valence-corrected chi connectivity index (χ0v) is 9.36. The third kappa shape index (κ3) is 2.40. The van der Waals surface area contributed by atoms with Crippen LogP contribution in [0.2, 0.25) is 0 Å². The van der Waals surface area contributed by atoms with Gasteiger partial charge in [0.2, 0.25) is 0 Å². The highest BCUT2D eigenvalue weighted by Crippen LogP contribution is 2.20. The first-order valence-corrected chi connectivity index (χ1v) is 4.89. The van der Waals surface area contributed by atoms with Gasteiger partial charge in [0, 0.05) is 24.8 Å². The van der Waals surface area contributed by atoms with Gasteiger partial charge in [-0.1, -0.05) is 16.8 Å². The summed E-state index contributed by atoms with van der Waals surface area (Å²) >= 11 is 0. The number of hydrogen-bond donors (Lipinski definition) is 2. The van der Waals surface area contributed by atoms with E-state index in [1.165, 1.54) is 0 Å². The van der Waals surface area contributed by atoms with Crippen molar-refractivity contribution in [3.63, 3.8) is 0 Å². The zero-order chi connectivity index (χ0) is 11.4. The van der Waals surface area contributed by atoms with Gasteiger partial charge in [0.05, 0.1) is 0 Å². The van der Waals surface area contributed by atoms with E-state index in [2.05, 4.69) is 12.1 Å². The van der Waals surface area contributed by atoms with Crippen LogP contribution < -0.4 is 10.6 Å². The molecule has 0 aliphatic carbocycles. The molecule has 0 saturated carbocycles. The van der Waals surface area contributed by atoms with E-state index in [1.54, 1.807) is 0 Å². The second-order valence-corrected chi connectivity index (χ2v) is 3.52. The second-order valence-electron chi connectivity index (χ2n) is 3.52. The Morgan fingerprint density at radius 1 is 1.53 bits per heavy atom. The molecule has 0 atom stereocenters. The Morgan fingerprint density at radius 3 is 2.73 bits per heavy atom. The SMILES string of the molecule is CCN(C)c1ccc(C)cc1/C(N)=N/O. The molecule has 0 fully saturated rings. The van der Waals surface area contributed by atoms with Crippen LogP contribution in [0.3, 0.4) is 0 Å². The number of nitrogens with zero attached hydrogens (tertiary/aromatic N) is 2. The maximum absolute atomic E-state index is 8.70. The van der Waals surface area contributed by atoms with Crippen molar-refractivity contribution in [3.8, 4) is 0 Å². The molecule has 0 spiro atoms. The summed E-state index contributed by atoms with van der Waals surface area (Å²) in [6, 6.07) is 5.90. The monoisotopic (exact) mass is 207 g/mol. The van der Waals surface area contributed by atoms with Crippen molar-refractivity contribution in [2.45, 2.75) is 13.8 Å². The zero-order valence-electron chi connectivity index (χ0n) is 9.36. The molecule has 1 rings (SSSR count). The minimum absolute atomic E-state index is 0.147. The summed E-state index contributed by atoms with van der Waals surface area (Å²) in [5.41, 5.74) is 8.45. The number of benzene rings is 1. The minimum atomic E-state index is 0.147. The van der Waals surface area contributed by atoms with Crippen molar-refractivity contribution in [2.75, 3.05) is 18.5 Å². The molecule has 0 bridgehead atoms. The van der Waals surface area contributed by atoms with Crippen molar-refractivity contribution < 1.29 is 5.21 Å². The van der Waals surface area contributed by atoms with Crippen molar-refractivity contribution >= 4 is 11.5 Å². The fourth-order valence-electron chi connectivity index (χ4n) is 1.41. The number of nitrogens with two attached hydrogens (primary N) is 1. The molecule has 0 amide bonds. The number of anilines is 1. The van der Waals surface area contributed by atoms with E-state index >= 15 is 0 Å². The fraction of sp³-hybridized carbons (Fsp3) is 0.364. The van der Waals surface area contributed by atoms with Crippen LogP contribution in [0.15, 0.2) is 23.4 Å². The predicted molar refractivity (Wildman–Crippen MR) is 62.6 cm³/mol. The van der Waals surface area contributed by atoms with Crippen LogP contribution in [-0.2, 0) is 0 Å².